The van der Waals surface area contributed by atoms with E-state index in [2.05, 4.69) is 4.72 Å². The summed E-state index contributed by atoms with van der Waals surface area (Å²) in [6.07, 6.45) is 0. The van der Waals surface area contributed by atoms with Crippen molar-refractivity contribution < 1.29 is 13.2 Å². The van der Waals surface area contributed by atoms with Gasteiger partial charge in [-0.05, 0) is 42.3 Å². The lowest BCUT2D eigenvalue weighted by Crippen LogP contribution is -2.24. The molecule has 146 valence electrons. The SMILES string of the molecule is Cc1c(NS(=O)O)cccc1N(Cc1ccccc1)Cc1ccc(Cl)cc1F. The molecular formula is C21H20ClFN2O2S. The molecule has 0 amide bonds. The van der Waals surface area contributed by atoms with Crippen LogP contribution in [0.1, 0.15) is 16.7 Å². The number of anilines is 2. The Hall–Kier alpha value is -2.41. The second-order valence-electron chi connectivity index (χ2n) is 6.38. The zero-order chi connectivity index (χ0) is 20.1. The maximum absolute atomic E-state index is 14.4. The molecule has 0 bridgehead atoms. The fourth-order valence-electron chi connectivity index (χ4n) is 3.06. The summed E-state index contributed by atoms with van der Waals surface area (Å²) < 4.78 is 37.3. The molecule has 0 spiro atoms. The molecule has 0 saturated heterocycles. The van der Waals surface area contributed by atoms with Gasteiger partial charge in [-0.1, -0.05) is 54.1 Å². The van der Waals surface area contributed by atoms with E-state index in [9.17, 15) is 13.2 Å². The largest absolute Gasteiger partial charge is 0.362 e. The van der Waals surface area contributed by atoms with E-state index in [1.807, 2.05) is 48.2 Å². The number of hydrogen-bond acceptors (Lipinski definition) is 2. The first-order chi connectivity index (χ1) is 13.4. The van der Waals surface area contributed by atoms with Gasteiger partial charge in [0.2, 0.25) is 0 Å². The third-order valence-electron chi connectivity index (χ3n) is 4.44. The minimum Gasteiger partial charge on any atom is -0.362 e. The van der Waals surface area contributed by atoms with E-state index in [0.717, 1.165) is 16.8 Å². The predicted octanol–water partition coefficient (Wildman–Crippen LogP) is 5.54. The average molecular weight is 419 g/mol. The van der Waals surface area contributed by atoms with Crippen LogP contribution in [-0.4, -0.2) is 8.76 Å². The molecule has 1 atom stereocenters. The third-order valence-corrected chi connectivity index (χ3v) is 5.07. The highest BCUT2D eigenvalue weighted by Gasteiger charge is 2.16. The number of nitrogens with zero attached hydrogens (tertiary/aromatic N) is 1. The summed E-state index contributed by atoms with van der Waals surface area (Å²) in [5.74, 6) is -0.367. The predicted molar refractivity (Wildman–Crippen MR) is 113 cm³/mol. The molecule has 3 aromatic carbocycles. The lowest BCUT2D eigenvalue weighted by atomic mass is 10.1. The van der Waals surface area contributed by atoms with Gasteiger partial charge in [-0.15, -0.1) is 0 Å². The summed E-state index contributed by atoms with van der Waals surface area (Å²) in [5, 5.41) is 0.351. The molecule has 4 nitrogen and oxygen atoms in total. The normalized spacial score (nSPS) is 11.9. The molecule has 0 saturated carbocycles. The fourth-order valence-corrected chi connectivity index (χ4v) is 3.62. The third kappa shape index (κ3) is 5.10. The topological polar surface area (TPSA) is 52.6 Å². The van der Waals surface area contributed by atoms with Gasteiger partial charge < -0.3 is 4.90 Å². The summed E-state index contributed by atoms with van der Waals surface area (Å²) in [6.45, 7) is 2.74. The summed E-state index contributed by atoms with van der Waals surface area (Å²) in [4.78, 5) is 2.03. The van der Waals surface area contributed by atoms with E-state index < -0.39 is 11.3 Å². The number of halogens is 2. The summed E-state index contributed by atoms with van der Waals surface area (Å²) in [7, 11) is 0. The Morgan fingerprint density at radius 1 is 1.07 bits per heavy atom. The molecule has 0 fully saturated rings. The van der Waals surface area contributed by atoms with Crippen molar-refractivity contribution in [2.75, 3.05) is 9.62 Å². The van der Waals surface area contributed by atoms with E-state index in [4.69, 9.17) is 11.6 Å². The smallest absolute Gasteiger partial charge is 0.259 e. The highest BCUT2D eigenvalue weighted by atomic mass is 35.5. The van der Waals surface area contributed by atoms with Crippen molar-refractivity contribution >= 4 is 34.2 Å². The number of nitrogens with one attached hydrogen (secondary N) is 1. The quantitative estimate of drug-likeness (QED) is 0.495. The molecule has 3 rings (SSSR count). The molecule has 0 aliphatic carbocycles. The zero-order valence-electron chi connectivity index (χ0n) is 15.2. The highest BCUT2D eigenvalue weighted by Crippen LogP contribution is 2.30. The second kappa shape index (κ2) is 9.19. The van der Waals surface area contributed by atoms with Crippen LogP contribution in [0.4, 0.5) is 15.8 Å². The first-order valence-corrected chi connectivity index (χ1v) is 10.1. The average Bonchev–Trinajstić information content (AvgIpc) is 2.65. The van der Waals surface area contributed by atoms with Gasteiger partial charge in [0.05, 0.1) is 5.69 Å². The first-order valence-electron chi connectivity index (χ1n) is 8.64. The molecule has 2 N–H and O–H groups in total. The van der Waals surface area contributed by atoms with Gasteiger partial charge in [-0.25, -0.2) is 8.60 Å². The second-order valence-corrected chi connectivity index (χ2v) is 7.52. The van der Waals surface area contributed by atoms with Crippen molar-refractivity contribution in [3.05, 3.63) is 94.3 Å². The van der Waals surface area contributed by atoms with Crippen molar-refractivity contribution in [3.63, 3.8) is 0 Å². The van der Waals surface area contributed by atoms with Gasteiger partial charge in [0, 0.05) is 29.4 Å². The van der Waals surface area contributed by atoms with Gasteiger partial charge in [0.15, 0.2) is 0 Å². The Balaban J connectivity index is 1.99. The lowest BCUT2D eigenvalue weighted by molar-refractivity contribution is 0.570. The van der Waals surface area contributed by atoms with Crippen LogP contribution in [-0.2, 0) is 24.4 Å². The van der Waals surface area contributed by atoms with E-state index in [-0.39, 0.29) is 5.82 Å². The van der Waals surface area contributed by atoms with Crippen molar-refractivity contribution in [2.24, 2.45) is 0 Å². The van der Waals surface area contributed by atoms with Gasteiger partial charge >= 0.3 is 0 Å². The van der Waals surface area contributed by atoms with Crippen molar-refractivity contribution in [2.45, 2.75) is 20.0 Å². The van der Waals surface area contributed by atoms with Crippen LogP contribution in [0.2, 0.25) is 5.02 Å². The molecular weight excluding hydrogens is 399 g/mol. The van der Waals surface area contributed by atoms with Gasteiger partial charge in [0.25, 0.3) is 11.3 Å². The molecule has 0 aliphatic heterocycles. The van der Waals surface area contributed by atoms with Crippen LogP contribution in [0.5, 0.6) is 0 Å². The van der Waals surface area contributed by atoms with E-state index in [1.165, 1.54) is 6.07 Å². The van der Waals surface area contributed by atoms with Crippen molar-refractivity contribution in [1.82, 2.24) is 0 Å². The molecule has 3 aromatic rings. The molecule has 0 aromatic heterocycles. The maximum Gasteiger partial charge on any atom is 0.259 e. The number of hydrogen-bond donors (Lipinski definition) is 2. The Labute approximate surface area is 171 Å². The number of rotatable bonds is 7. The van der Waals surface area contributed by atoms with E-state index >= 15 is 0 Å². The summed E-state index contributed by atoms with van der Waals surface area (Å²) >= 11 is 3.71. The van der Waals surface area contributed by atoms with Gasteiger partial charge in [0.1, 0.15) is 5.82 Å². The van der Waals surface area contributed by atoms with Crippen LogP contribution in [0.3, 0.4) is 0 Å². The molecule has 28 heavy (non-hydrogen) atoms. The Morgan fingerprint density at radius 3 is 2.50 bits per heavy atom. The Morgan fingerprint density at radius 2 is 1.82 bits per heavy atom. The lowest BCUT2D eigenvalue weighted by Gasteiger charge is -2.28. The maximum atomic E-state index is 14.4. The standard InChI is InChI=1S/C21H20ClFN2O2S/c1-15-20(24-28(26)27)8-5-9-21(15)25(13-16-6-3-2-4-7-16)14-17-10-11-18(22)12-19(17)23/h2-12,24H,13-14H2,1H3,(H,26,27). The Bertz CT molecular complexity index is 985. The van der Waals surface area contributed by atoms with Gasteiger partial charge in [-0.2, -0.15) is 0 Å². The number of benzene rings is 3. The molecule has 0 aliphatic rings. The molecule has 0 heterocycles. The van der Waals surface area contributed by atoms with E-state index in [0.29, 0.717) is 29.4 Å². The van der Waals surface area contributed by atoms with Crippen LogP contribution < -0.4 is 9.62 Å². The Kier molecular flexibility index (Phi) is 6.67. The van der Waals surface area contributed by atoms with Gasteiger partial charge in [-0.3, -0.25) is 9.27 Å². The molecule has 0 radical (unpaired) electrons. The van der Waals surface area contributed by atoms with Crippen LogP contribution in [0.25, 0.3) is 0 Å². The summed E-state index contributed by atoms with van der Waals surface area (Å²) in [5.41, 5.74) is 3.78. The zero-order valence-corrected chi connectivity index (χ0v) is 16.8. The monoisotopic (exact) mass is 418 g/mol. The highest BCUT2D eigenvalue weighted by molar-refractivity contribution is 7.80. The fraction of sp³-hybridized carbons (Fsp3) is 0.143. The van der Waals surface area contributed by atoms with Crippen LogP contribution >= 0.6 is 11.6 Å². The van der Waals surface area contributed by atoms with Crippen LogP contribution in [0, 0.1) is 12.7 Å². The molecule has 7 heteroatoms. The molecule has 1 unspecified atom stereocenters. The first kappa shape index (κ1) is 20.3. The van der Waals surface area contributed by atoms with E-state index in [1.54, 1.807) is 24.3 Å². The van der Waals surface area contributed by atoms with Crippen molar-refractivity contribution in [3.8, 4) is 0 Å². The minimum absolute atomic E-state index is 0.324. The van der Waals surface area contributed by atoms with Crippen LogP contribution in [0.15, 0.2) is 66.7 Å². The minimum atomic E-state index is -2.17. The van der Waals surface area contributed by atoms with Crippen molar-refractivity contribution in [1.29, 1.82) is 0 Å². The summed E-state index contributed by atoms with van der Waals surface area (Å²) in [6, 6.07) is 20.0.